The zero-order valence-corrected chi connectivity index (χ0v) is 9.45. The molecule has 0 atom stereocenters. The summed E-state index contributed by atoms with van der Waals surface area (Å²) in [5, 5.41) is 10.7. The molecule has 0 saturated carbocycles. The number of benzene rings is 1. The van der Waals surface area contributed by atoms with Crippen molar-refractivity contribution in [3.05, 3.63) is 33.9 Å². The molecule has 16 heavy (non-hydrogen) atoms. The lowest BCUT2D eigenvalue weighted by Crippen LogP contribution is -2.04. The lowest BCUT2D eigenvalue weighted by Gasteiger charge is -2.02. The second-order valence-corrected chi connectivity index (χ2v) is 5.25. The third-order valence-corrected chi connectivity index (χ3v) is 3.11. The number of nitro groups is 1. The van der Waals surface area contributed by atoms with E-state index < -0.39 is 20.4 Å². The molecule has 0 saturated heterocycles. The Morgan fingerprint density at radius 3 is 2.31 bits per heavy atom. The Morgan fingerprint density at radius 2 is 1.94 bits per heavy atom. The van der Waals surface area contributed by atoms with Crippen LogP contribution in [0.3, 0.4) is 0 Å². The molecule has 0 aliphatic heterocycles. The van der Waals surface area contributed by atoms with Gasteiger partial charge in [-0.1, -0.05) is 0 Å². The standard InChI is InChI=1S/C9H9NO5S/c1-6(11)7-3-4-9(16(2,14)15)8(5-7)10(12)13/h3-5H,1-2H3. The van der Waals surface area contributed by atoms with Gasteiger partial charge in [0.05, 0.1) is 4.92 Å². The fraction of sp³-hybridized carbons (Fsp3) is 0.222. The van der Waals surface area contributed by atoms with E-state index in [4.69, 9.17) is 0 Å². The van der Waals surface area contributed by atoms with Crippen LogP contribution in [-0.4, -0.2) is 25.4 Å². The molecule has 6 nitrogen and oxygen atoms in total. The number of hydrogen-bond donors (Lipinski definition) is 0. The van der Waals surface area contributed by atoms with Crippen LogP contribution in [0.4, 0.5) is 5.69 Å². The molecule has 86 valence electrons. The van der Waals surface area contributed by atoms with Gasteiger partial charge in [0.2, 0.25) is 0 Å². The van der Waals surface area contributed by atoms with Gasteiger partial charge < -0.3 is 0 Å². The fourth-order valence-corrected chi connectivity index (χ4v) is 2.02. The molecular weight excluding hydrogens is 234 g/mol. The van der Waals surface area contributed by atoms with Gasteiger partial charge in [0.15, 0.2) is 15.6 Å². The number of ketones is 1. The van der Waals surface area contributed by atoms with E-state index >= 15 is 0 Å². The van der Waals surface area contributed by atoms with E-state index in [-0.39, 0.29) is 16.2 Å². The highest BCUT2D eigenvalue weighted by atomic mass is 32.2. The van der Waals surface area contributed by atoms with Crippen molar-refractivity contribution in [3.8, 4) is 0 Å². The summed E-state index contributed by atoms with van der Waals surface area (Å²) < 4.78 is 22.5. The first-order valence-corrected chi connectivity index (χ1v) is 6.12. The van der Waals surface area contributed by atoms with Gasteiger partial charge in [-0.15, -0.1) is 0 Å². The highest BCUT2D eigenvalue weighted by Gasteiger charge is 2.22. The predicted octanol–water partition coefficient (Wildman–Crippen LogP) is 1.20. The van der Waals surface area contributed by atoms with E-state index in [1.807, 2.05) is 0 Å². The van der Waals surface area contributed by atoms with Crippen molar-refractivity contribution < 1.29 is 18.1 Å². The molecule has 1 aromatic carbocycles. The second kappa shape index (κ2) is 4.01. The van der Waals surface area contributed by atoms with Gasteiger partial charge >= 0.3 is 0 Å². The van der Waals surface area contributed by atoms with Crippen LogP contribution in [0.5, 0.6) is 0 Å². The monoisotopic (exact) mass is 243 g/mol. The Hall–Kier alpha value is -1.76. The first-order chi connectivity index (χ1) is 7.23. The van der Waals surface area contributed by atoms with E-state index in [9.17, 15) is 23.3 Å². The minimum absolute atomic E-state index is 0.110. The highest BCUT2D eigenvalue weighted by Crippen LogP contribution is 2.24. The van der Waals surface area contributed by atoms with E-state index in [0.717, 1.165) is 18.4 Å². The number of sulfone groups is 1. The van der Waals surface area contributed by atoms with Gasteiger partial charge in [0.1, 0.15) is 4.90 Å². The predicted molar refractivity (Wildman–Crippen MR) is 56.2 cm³/mol. The molecule has 0 heterocycles. The number of nitro benzene ring substituents is 1. The lowest BCUT2D eigenvalue weighted by molar-refractivity contribution is -0.387. The van der Waals surface area contributed by atoms with E-state index in [2.05, 4.69) is 0 Å². The zero-order chi connectivity index (χ0) is 12.5. The minimum Gasteiger partial charge on any atom is -0.295 e. The smallest absolute Gasteiger partial charge is 0.288 e. The van der Waals surface area contributed by atoms with Gasteiger partial charge in [-0.25, -0.2) is 8.42 Å². The van der Waals surface area contributed by atoms with Crippen LogP contribution < -0.4 is 0 Å². The summed E-state index contributed by atoms with van der Waals surface area (Å²) in [6.45, 7) is 1.25. The van der Waals surface area contributed by atoms with Gasteiger partial charge in [0.25, 0.3) is 5.69 Å². The first kappa shape index (κ1) is 12.3. The summed E-state index contributed by atoms with van der Waals surface area (Å²) in [5.74, 6) is -0.358. The van der Waals surface area contributed by atoms with Crippen molar-refractivity contribution in [1.29, 1.82) is 0 Å². The average molecular weight is 243 g/mol. The third-order valence-electron chi connectivity index (χ3n) is 1.96. The average Bonchev–Trinajstić information content (AvgIpc) is 2.15. The summed E-state index contributed by atoms with van der Waals surface area (Å²) in [7, 11) is -3.67. The second-order valence-electron chi connectivity index (χ2n) is 3.27. The Bertz CT molecular complexity index is 561. The van der Waals surface area contributed by atoms with Crippen LogP contribution in [0, 0.1) is 10.1 Å². The Morgan fingerprint density at radius 1 is 1.38 bits per heavy atom. The fourth-order valence-electron chi connectivity index (χ4n) is 1.19. The number of hydrogen-bond acceptors (Lipinski definition) is 5. The quantitative estimate of drug-likeness (QED) is 0.451. The van der Waals surface area contributed by atoms with Crippen LogP contribution in [0.15, 0.2) is 23.1 Å². The summed E-state index contributed by atoms with van der Waals surface area (Å²) in [4.78, 5) is 20.5. The van der Waals surface area contributed by atoms with Crippen LogP contribution >= 0.6 is 0 Å². The molecule has 0 fully saturated rings. The topological polar surface area (TPSA) is 94.3 Å². The van der Waals surface area contributed by atoms with Crippen molar-refractivity contribution in [2.24, 2.45) is 0 Å². The molecule has 0 aliphatic carbocycles. The van der Waals surface area contributed by atoms with E-state index in [0.29, 0.717) is 0 Å². The first-order valence-electron chi connectivity index (χ1n) is 4.23. The molecule has 0 N–H and O–H groups in total. The summed E-state index contributed by atoms with van der Waals surface area (Å²) in [5.41, 5.74) is -0.464. The van der Waals surface area contributed by atoms with Crippen LogP contribution in [0.1, 0.15) is 17.3 Å². The molecule has 1 aromatic rings. The number of Topliss-reactive ketones (excluding diaryl/α,β-unsaturated/α-hetero) is 1. The molecule has 0 unspecified atom stereocenters. The summed E-state index contributed by atoms with van der Waals surface area (Å²) in [6, 6.07) is 3.30. The third kappa shape index (κ3) is 2.43. The van der Waals surface area contributed by atoms with Crippen LogP contribution in [-0.2, 0) is 9.84 Å². The van der Waals surface area contributed by atoms with Crippen molar-refractivity contribution >= 4 is 21.3 Å². The van der Waals surface area contributed by atoms with Crippen molar-refractivity contribution in [2.45, 2.75) is 11.8 Å². The number of nitrogens with zero attached hydrogens (tertiary/aromatic N) is 1. The largest absolute Gasteiger partial charge is 0.295 e. The number of rotatable bonds is 3. The molecular formula is C9H9NO5S. The minimum atomic E-state index is -3.67. The SMILES string of the molecule is CC(=O)c1ccc(S(C)(=O)=O)c([N+](=O)[O-])c1. The van der Waals surface area contributed by atoms with Crippen LogP contribution in [0.25, 0.3) is 0 Å². The Kier molecular flexibility index (Phi) is 3.09. The van der Waals surface area contributed by atoms with E-state index in [1.54, 1.807) is 0 Å². The molecule has 0 aromatic heterocycles. The lowest BCUT2D eigenvalue weighted by atomic mass is 10.1. The molecule has 0 bridgehead atoms. The van der Waals surface area contributed by atoms with Gasteiger partial charge in [-0.2, -0.15) is 0 Å². The molecule has 0 radical (unpaired) electrons. The summed E-state index contributed by atoms with van der Waals surface area (Å²) >= 11 is 0. The summed E-state index contributed by atoms with van der Waals surface area (Å²) in [6.07, 6.45) is 0.878. The highest BCUT2D eigenvalue weighted by molar-refractivity contribution is 7.90. The maximum Gasteiger partial charge on any atom is 0.288 e. The maximum atomic E-state index is 11.2. The van der Waals surface area contributed by atoms with Crippen molar-refractivity contribution in [1.82, 2.24) is 0 Å². The van der Waals surface area contributed by atoms with Crippen molar-refractivity contribution in [3.63, 3.8) is 0 Å². The molecule has 0 aliphatic rings. The van der Waals surface area contributed by atoms with Crippen molar-refractivity contribution in [2.75, 3.05) is 6.26 Å². The van der Waals surface area contributed by atoms with Gasteiger partial charge in [-0.3, -0.25) is 14.9 Å². The maximum absolute atomic E-state index is 11.2. The Balaban J connectivity index is 3.55. The molecule has 1 rings (SSSR count). The van der Waals surface area contributed by atoms with Gasteiger partial charge in [0, 0.05) is 17.9 Å². The zero-order valence-electron chi connectivity index (χ0n) is 8.63. The van der Waals surface area contributed by atoms with E-state index in [1.165, 1.54) is 13.0 Å². The molecule has 0 amide bonds. The number of carbonyl (C=O) groups is 1. The number of carbonyl (C=O) groups excluding carboxylic acids is 1. The normalized spacial score (nSPS) is 11.1. The molecule has 7 heteroatoms. The Labute approximate surface area is 92.0 Å². The molecule has 0 spiro atoms. The van der Waals surface area contributed by atoms with Crippen LogP contribution in [0.2, 0.25) is 0 Å². The van der Waals surface area contributed by atoms with Gasteiger partial charge in [-0.05, 0) is 19.1 Å².